The Bertz CT molecular complexity index is 451. The highest BCUT2D eigenvalue weighted by atomic mass is 32.1. The lowest BCUT2D eigenvalue weighted by Gasteiger charge is -2.07. The third-order valence-electron chi connectivity index (χ3n) is 2.11. The number of carbonyl (C=O) groups is 1. The van der Waals surface area contributed by atoms with E-state index < -0.39 is 0 Å². The van der Waals surface area contributed by atoms with Gasteiger partial charge in [-0.15, -0.1) is 0 Å². The van der Waals surface area contributed by atoms with E-state index >= 15 is 0 Å². The largest absolute Gasteiger partial charge is 0.376 e. The molecule has 0 aliphatic rings. The van der Waals surface area contributed by atoms with Crippen LogP contribution in [0.25, 0.3) is 0 Å². The van der Waals surface area contributed by atoms with Crippen molar-refractivity contribution in [3.8, 4) is 0 Å². The van der Waals surface area contributed by atoms with Gasteiger partial charge in [-0.25, -0.2) is 0 Å². The number of hydrogen-bond acceptors (Lipinski definition) is 2. The Kier molecular flexibility index (Phi) is 4.78. The number of carbonyl (C=O) groups excluding carboxylic acids is 1. The number of nitrogens with two attached hydrogens (primary N) is 1. The number of anilines is 2. The highest BCUT2D eigenvalue weighted by Crippen LogP contribution is 2.13. The summed E-state index contributed by atoms with van der Waals surface area (Å²) in [6.07, 6.45) is 2.29. The maximum absolute atomic E-state index is 11.5. The van der Waals surface area contributed by atoms with Crippen molar-refractivity contribution in [2.24, 2.45) is 5.73 Å². The van der Waals surface area contributed by atoms with Gasteiger partial charge >= 0.3 is 0 Å². The van der Waals surface area contributed by atoms with Crippen LogP contribution in [0, 0.1) is 0 Å². The van der Waals surface area contributed by atoms with Gasteiger partial charge in [-0.3, -0.25) is 4.79 Å². The monoisotopic (exact) mass is 252 g/mol. The maximum atomic E-state index is 11.5. The van der Waals surface area contributed by atoms with Crippen molar-refractivity contribution in [1.82, 2.24) is 0 Å². The molecule has 0 aromatic heterocycles. The van der Waals surface area contributed by atoms with Crippen LogP contribution in [0.4, 0.5) is 11.4 Å². The molecule has 1 aromatic carbocycles. The minimum absolute atomic E-state index is 0.0691. The van der Waals surface area contributed by atoms with E-state index in [1.807, 2.05) is 6.92 Å². The van der Waals surface area contributed by atoms with Crippen molar-refractivity contribution < 1.29 is 6.17 Å². The molecule has 92 valence electrons. The molecular weight excluding hydrogens is 234 g/mol. The van der Waals surface area contributed by atoms with Gasteiger partial charge in [-0.05, 0) is 42.9 Å². The van der Waals surface area contributed by atoms with Crippen molar-refractivity contribution in [1.29, 1.82) is 0 Å². The molecule has 0 fully saturated rings. The van der Waals surface area contributed by atoms with E-state index in [1.54, 1.807) is 18.2 Å². The predicted molar refractivity (Wildman–Crippen MR) is 75.0 cm³/mol. The third kappa shape index (κ3) is 5.31. The first-order valence-electron chi connectivity index (χ1n) is 6.00. The summed E-state index contributed by atoms with van der Waals surface area (Å²) in [4.78, 5) is 11.5. The number of nitrogens with one attached hydrogen (secondary N) is 2. The normalized spacial score (nSPS) is 10.5. The Morgan fingerprint density at radius 2 is 2.12 bits per heavy atom. The van der Waals surface area contributed by atoms with Crippen LogP contribution < -0.4 is 16.4 Å². The van der Waals surface area contributed by atoms with E-state index in [1.165, 1.54) is 0 Å². The first-order valence-corrected chi connectivity index (χ1v) is 5.90. The fourth-order valence-corrected chi connectivity index (χ4v) is 1.39. The van der Waals surface area contributed by atoms with Gasteiger partial charge in [0, 0.05) is 17.8 Å². The second-order valence-corrected chi connectivity index (χ2v) is 4.07. The Morgan fingerprint density at radius 1 is 1.41 bits per heavy atom. The Balaban J connectivity index is 2.67. The highest BCUT2D eigenvalue weighted by Gasteiger charge is 2.01. The molecule has 0 spiro atoms. The molecule has 1 rings (SSSR count). The molecule has 1 aromatic rings. The minimum atomic E-state index is -0.0691. The molecule has 17 heavy (non-hydrogen) atoms. The Hall–Kier alpha value is -1.62. The first kappa shape index (κ1) is 11.9. The molecule has 4 N–H and O–H groups in total. The molecule has 0 radical (unpaired) electrons. The van der Waals surface area contributed by atoms with E-state index in [4.69, 9.17) is 19.3 Å². The van der Waals surface area contributed by atoms with Crippen molar-refractivity contribution in [2.45, 2.75) is 26.2 Å². The zero-order chi connectivity index (χ0) is 13.5. The van der Waals surface area contributed by atoms with Crippen LogP contribution in [0.3, 0.4) is 0 Å². The average Bonchev–Trinajstić information content (AvgIpc) is 2.29. The molecular formula is C12H17N3OS. The number of amides is 1. The summed E-state index contributed by atoms with van der Waals surface area (Å²) in [5.41, 5.74) is 6.47. The summed E-state index contributed by atoms with van der Waals surface area (Å²) in [5, 5.41) is 5.59. The van der Waals surface area contributed by atoms with Gasteiger partial charge in [0.2, 0.25) is 5.91 Å². The molecule has 0 unspecified atom stereocenters. The first-order chi connectivity index (χ1) is 8.52. The summed E-state index contributed by atoms with van der Waals surface area (Å²) in [6, 6.07) is 5.16. The number of benzene rings is 1. The molecule has 4 nitrogen and oxygen atoms in total. The molecule has 0 saturated carbocycles. The zero-order valence-corrected chi connectivity index (χ0v) is 10.6. The minimum Gasteiger partial charge on any atom is -0.376 e. The number of thiocarbonyl (C=S) groups is 1. The van der Waals surface area contributed by atoms with Gasteiger partial charge < -0.3 is 16.4 Å². The molecule has 0 aliphatic carbocycles. The van der Waals surface area contributed by atoms with Gasteiger partial charge in [0.25, 0.3) is 0 Å². The number of hydrogen-bond donors (Lipinski definition) is 3. The highest BCUT2D eigenvalue weighted by molar-refractivity contribution is 7.80. The van der Waals surface area contributed by atoms with Crippen LogP contribution in [0.1, 0.15) is 27.6 Å². The van der Waals surface area contributed by atoms with E-state index in [-0.39, 0.29) is 17.1 Å². The Morgan fingerprint density at radius 3 is 2.71 bits per heavy atom. The van der Waals surface area contributed by atoms with Crippen LogP contribution in [0.5, 0.6) is 0 Å². The SMILES string of the molecule is [2H]c1cc(NC(N)=S)ccc1NC(=O)CCCC. The van der Waals surface area contributed by atoms with Gasteiger partial charge in [-0.1, -0.05) is 13.3 Å². The summed E-state index contributed by atoms with van der Waals surface area (Å²) >= 11 is 4.71. The molecule has 0 atom stereocenters. The quantitative estimate of drug-likeness (QED) is 0.704. The summed E-state index contributed by atoms with van der Waals surface area (Å²) in [7, 11) is 0. The topological polar surface area (TPSA) is 67.2 Å². The molecule has 0 aliphatic heterocycles. The summed E-state index contributed by atoms with van der Waals surface area (Å²) < 4.78 is 7.79. The number of rotatable bonds is 5. The molecule has 1 amide bonds. The average molecular weight is 252 g/mol. The molecule has 5 heteroatoms. The third-order valence-corrected chi connectivity index (χ3v) is 2.21. The molecule has 0 bridgehead atoms. The van der Waals surface area contributed by atoms with Crippen LogP contribution in [-0.2, 0) is 4.79 Å². The second-order valence-electron chi connectivity index (χ2n) is 3.63. The standard InChI is InChI=1S/C12H17N3OS/c1-2-3-4-11(16)14-9-5-7-10(8-6-9)15-12(13)17/h5-8H,2-4H2,1H3,(H,14,16)(H3,13,15,17)/i5D. The van der Waals surface area contributed by atoms with Crippen molar-refractivity contribution in [3.05, 3.63) is 24.2 Å². The van der Waals surface area contributed by atoms with Crippen LogP contribution in [-0.4, -0.2) is 11.0 Å². The van der Waals surface area contributed by atoms with Crippen molar-refractivity contribution >= 4 is 34.6 Å². The van der Waals surface area contributed by atoms with Crippen molar-refractivity contribution in [3.63, 3.8) is 0 Å². The van der Waals surface area contributed by atoms with Crippen LogP contribution in [0.2, 0.25) is 0 Å². The second kappa shape index (κ2) is 6.85. The van der Waals surface area contributed by atoms with Gasteiger partial charge in [0.05, 0.1) is 1.37 Å². The predicted octanol–water partition coefficient (Wildman–Crippen LogP) is 2.47. The van der Waals surface area contributed by atoms with E-state index in [0.29, 0.717) is 17.8 Å². The van der Waals surface area contributed by atoms with Crippen LogP contribution in [0.15, 0.2) is 24.2 Å². The zero-order valence-electron chi connectivity index (χ0n) is 10.7. The lowest BCUT2D eigenvalue weighted by molar-refractivity contribution is -0.116. The van der Waals surface area contributed by atoms with E-state index in [0.717, 1.165) is 12.8 Å². The van der Waals surface area contributed by atoms with Gasteiger partial charge in [0.15, 0.2) is 5.11 Å². The number of unbranched alkanes of at least 4 members (excludes halogenated alkanes) is 1. The molecule has 0 saturated heterocycles. The lowest BCUT2D eigenvalue weighted by Crippen LogP contribution is -2.18. The molecule has 0 heterocycles. The Labute approximate surface area is 108 Å². The fourth-order valence-electron chi connectivity index (χ4n) is 1.27. The summed E-state index contributed by atoms with van der Waals surface area (Å²) in [5.74, 6) is -0.0691. The van der Waals surface area contributed by atoms with Gasteiger partial charge in [-0.2, -0.15) is 0 Å². The van der Waals surface area contributed by atoms with E-state index in [2.05, 4.69) is 10.6 Å². The van der Waals surface area contributed by atoms with Crippen molar-refractivity contribution in [2.75, 3.05) is 10.6 Å². The summed E-state index contributed by atoms with van der Waals surface area (Å²) in [6.45, 7) is 2.03. The lowest BCUT2D eigenvalue weighted by atomic mass is 10.2. The van der Waals surface area contributed by atoms with Crippen LogP contribution >= 0.6 is 12.2 Å². The van der Waals surface area contributed by atoms with E-state index in [9.17, 15) is 4.79 Å². The smallest absolute Gasteiger partial charge is 0.224 e. The fraction of sp³-hybridized carbons (Fsp3) is 0.333. The van der Waals surface area contributed by atoms with Gasteiger partial charge in [0.1, 0.15) is 0 Å². The maximum Gasteiger partial charge on any atom is 0.224 e.